The van der Waals surface area contributed by atoms with Crippen LogP contribution in [0.5, 0.6) is 0 Å². The molecule has 0 unspecified atom stereocenters. The smallest absolute Gasteiger partial charge is 0.198 e. The van der Waals surface area contributed by atoms with Crippen molar-refractivity contribution in [1.29, 1.82) is 0 Å². The molecule has 0 heterocycles. The summed E-state index contributed by atoms with van der Waals surface area (Å²) in [6.07, 6.45) is 0. The second-order valence-electron chi connectivity index (χ2n) is 3.49. The highest BCUT2D eigenvalue weighted by Gasteiger charge is 2.01. The molecule has 3 nitrogen and oxygen atoms in total. The van der Waals surface area contributed by atoms with E-state index in [1.165, 1.54) is 0 Å². The minimum absolute atomic E-state index is 0.209. The first-order valence-electron chi connectivity index (χ1n) is 4.79. The van der Waals surface area contributed by atoms with Gasteiger partial charge in [0.25, 0.3) is 0 Å². The Morgan fingerprint density at radius 1 is 1.33 bits per heavy atom. The quantitative estimate of drug-likeness (QED) is 0.458. The molecular formula is C11H15N3S. The van der Waals surface area contributed by atoms with Crippen molar-refractivity contribution < 1.29 is 0 Å². The predicted molar refractivity (Wildman–Crippen MR) is 69.1 cm³/mol. The van der Waals surface area contributed by atoms with Gasteiger partial charge in [-0.15, -0.1) is 0 Å². The molecule has 0 aliphatic heterocycles. The number of amidine groups is 1. The number of hydrogen-bond acceptors (Lipinski definition) is 1. The van der Waals surface area contributed by atoms with Crippen LogP contribution in [0, 0.1) is 5.92 Å². The zero-order chi connectivity index (χ0) is 11.3. The molecule has 80 valence electrons. The third-order valence-corrected chi connectivity index (χ3v) is 2.04. The molecule has 0 saturated heterocycles. The van der Waals surface area contributed by atoms with Crippen LogP contribution in [0.15, 0.2) is 35.3 Å². The average molecular weight is 221 g/mol. The Kier molecular flexibility index (Phi) is 4.24. The van der Waals surface area contributed by atoms with Crippen molar-refractivity contribution in [3.05, 3.63) is 30.3 Å². The van der Waals surface area contributed by atoms with E-state index in [4.69, 9.17) is 18.0 Å². The zero-order valence-corrected chi connectivity index (χ0v) is 9.71. The molecule has 0 saturated carbocycles. The number of thiocarbonyl (C=S) groups is 1. The number of aliphatic imine (C=N–C) groups is 1. The van der Waals surface area contributed by atoms with Crippen molar-refractivity contribution in [3.8, 4) is 0 Å². The SMILES string of the molecule is CC(C)/C(N)=N/C(=S)Nc1ccccc1. The lowest BCUT2D eigenvalue weighted by Crippen LogP contribution is -2.22. The van der Waals surface area contributed by atoms with Gasteiger partial charge in [0.05, 0.1) is 0 Å². The molecule has 15 heavy (non-hydrogen) atoms. The van der Waals surface area contributed by atoms with Crippen LogP contribution in [0.4, 0.5) is 5.69 Å². The summed E-state index contributed by atoms with van der Waals surface area (Å²) < 4.78 is 0. The van der Waals surface area contributed by atoms with Crippen molar-refractivity contribution in [2.24, 2.45) is 16.6 Å². The number of rotatable bonds is 2. The van der Waals surface area contributed by atoms with Gasteiger partial charge in [0, 0.05) is 11.6 Å². The molecule has 1 rings (SSSR count). The second kappa shape index (κ2) is 5.46. The first kappa shape index (κ1) is 11.7. The third kappa shape index (κ3) is 4.08. The summed E-state index contributed by atoms with van der Waals surface area (Å²) in [6, 6.07) is 9.65. The van der Waals surface area contributed by atoms with E-state index >= 15 is 0 Å². The number of nitrogens with two attached hydrogens (primary N) is 1. The highest BCUT2D eigenvalue weighted by atomic mass is 32.1. The van der Waals surface area contributed by atoms with E-state index in [0.717, 1.165) is 5.69 Å². The predicted octanol–water partition coefficient (Wildman–Crippen LogP) is 2.40. The molecule has 0 bridgehead atoms. The Balaban J connectivity index is 2.61. The van der Waals surface area contributed by atoms with Crippen LogP contribution in [-0.2, 0) is 0 Å². The van der Waals surface area contributed by atoms with Gasteiger partial charge in [-0.2, -0.15) is 0 Å². The summed E-state index contributed by atoms with van der Waals surface area (Å²) in [6.45, 7) is 3.95. The van der Waals surface area contributed by atoms with E-state index in [2.05, 4.69) is 10.3 Å². The lowest BCUT2D eigenvalue weighted by Gasteiger charge is -2.06. The first-order valence-corrected chi connectivity index (χ1v) is 5.20. The van der Waals surface area contributed by atoms with Crippen LogP contribution < -0.4 is 11.1 Å². The molecule has 0 fully saturated rings. The largest absolute Gasteiger partial charge is 0.387 e. The fourth-order valence-electron chi connectivity index (χ4n) is 0.919. The highest BCUT2D eigenvalue weighted by molar-refractivity contribution is 7.80. The molecule has 4 heteroatoms. The summed E-state index contributed by atoms with van der Waals surface area (Å²) in [5.41, 5.74) is 6.61. The molecule has 0 radical (unpaired) electrons. The Morgan fingerprint density at radius 3 is 2.47 bits per heavy atom. The molecule has 0 amide bonds. The van der Waals surface area contributed by atoms with Crippen molar-refractivity contribution >= 4 is 28.9 Å². The maximum absolute atomic E-state index is 5.69. The van der Waals surface area contributed by atoms with Gasteiger partial charge in [-0.05, 0) is 24.4 Å². The van der Waals surface area contributed by atoms with Crippen LogP contribution in [0.1, 0.15) is 13.8 Å². The Morgan fingerprint density at radius 2 is 1.93 bits per heavy atom. The number of nitrogens with zero attached hydrogens (tertiary/aromatic N) is 1. The number of nitrogens with one attached hydrogen (secondary N) is 1. The summed E-state index contributed by atoms with van der Waals surface area (Å²) in [5.74, 6) is 0.754. The van der Waals surface area contributed by atoms with Crippen molar-refractivity contribution in [2.75, 3.05) is 5.32 Å². The molecule has 0 aliphatic carbocycles. The van der Waals surface area contributed by atoms with E-state index < -0.39 is 0 Å². The minimum atomic E-state index is 0.209. The summed E-state index contributed by atoms with van der Waals surface area (Å²) in [4.78, 5) is 4.09. The van der Waals surface area contributed by atoms with Crippen LogP contribution in [-0.4, -0.2) is 10.9 Å². The van der Waals surface area contributed by atoms with Gasteiger partial charge >= 0.3 is 0 Å². The van der Waals surface area contributed by atoms with E-state index in [9.17, 15) is 0 Å². The number of benzene rings is 1. The fraction of sp³-hybridized carbons (Fsp3) is 0.273. The van der Waals surface area contributed by atoms with E-state index in [1.807, 2.05) is 44.2 Å². The third-order valence-electron chi connectivity index (χ3n) is 1.85. The van der Waals surface area contributed by atoms with Crippen molar-refractivity contribution in [2.45, 2.75) is 13.8 Å². The van der Waals surface area contributed by atoms with Gasteiger partial charge in [0.15, 0.2) is 5.11 Å². The molecule has 0 aromatic heterocycles. The van der Waals surface area contributed by atoms with Gasteiger partial charge in [-0.1, -0.05) is 32.0 Å². The lowest BCUT2D eigenvalue weighted by atomic mass is 10.2. The Hall–Kier alpha value is -1.42. The van der Waals surface area contributed by atoms with E-state index in [0.29, 0.717) is 10.9 Å². The highest BCUT2D eigenvalue weighted by Crippen LogP contribution is 2.05. The number of para-hydroxylation sites is 1. The zero-order valence-electron chi connectivity index (χ0n) is 8.90. The summed E-state index contributed by atoms with van der Waals surface area (Å²) in [7, 11) is 0. The normalized spacial score (nSPS) is 11.5. The van der Waals surface area contributed by atoms with Crippen LogP contribution >= 0.6 is 12.2 Å². The lowest BCUT2D eigenvalue weighted by molar-refractivity contribution is 0.875. The maximum atomic E-state index is 5.69. The molecule has 0 atom stereocenters. The first-order chi connectivity index (χ1) is 7.09. The molecule has 1 aromatic rings. The Bertz CT molecular complexity index is 357. The summed E-state index contributed by atoms with van der Waals surface area (Å²) >= 11 is 5.05. The van der Waals surface area contributed by atoms with E-state index in [1.54, 1.807) is 0 Å². The minimum Gasteiger partial charge on any atom is -0.387 e. The summed E-state index contributed by atoms with van der Waals surface area (Å²) in [5, 5.41) is 3.39. The standard InChI is InChI=1S/C11H15N3S/c1-8(2)10(12)14-11(15)13-9-6-4-3-5-7-9/h3-8H,1-2H3,(H3,12,13,14,15). The van der Waals surface area contributed by atoms with E-state index in [-0.39, 0.29) is 5.92 Å². The fourth-order valence-corrected chi connectivity index (χ4v) is 1.14. The second-order valence-corrected chi connectivity index (χ2v) is 3.87. The molecular weight excluding hydrogens is 206 g/mol. The Labute approximate surface area is 95.4 Å². The molecule has 0 spiro atoms. The number of hydrogen-bond donors (Lipinski definition) is 2. The molecule has 0 aliphatic rings. The van der Waals surface area contributed by atoms with Gasteiger partial charge in [0.1, 0.15) is 5.84 Å². The topological polar surface area (TPSA) is 50.4 Å². The van der Waals surface area contributed by atoms with Gasteiger partial charge in [0.2, 0.25) is 0 Å². The van der Waals surface area contributed by atoms with Crippen molar-refractivity contribution in [1.82, 2.24) is 0 Å². The van der Waals surface area contributed by atoms with Crippen LogP contribution in [0.3, 0.4) is 0 Å². The molecule has 1 aromatic carbocycles. The monoisotopic (exact) mass is 221 g/mol. The van der Waals surface area contributed by atoms with Crippen LogP contribution in [0.25, 0.3) is 0 Å². The molecule has 3 N–H and O–H groups in total. The number of anilines is 1. The van der Waals surface area contributed by atoms with Crippen LogP contribution in [0.2, 0.25) is 0 Å². The van der Waals surface area contributed by atoms with Gasteiger partial charge in [-0.3, -0.25) is 0 Å². The van der Waals surface area contributed by atoms with Gasteiger partial charge in [-0.25, -0.2) is 4.99 Å². The van der Waals surface area contributed by atoms with Gasteiger partial charge < -0.3 is 11.1 Å². The average Bonchev–Trinajstić information content (AvgIpc) is 2.18. The maximum Gasteiger partial charge on any atom is 0.198 e. The van der Waals surface area contributed by atoms with Crippen molar-refractivity contribution in [3.63, 3.8) is 0 Å².